The molecule has 1 saturated carbocycles. The Morgan fingerprint density at radius 3 is 2.62 bits per heavy atom. The van der Waals surface area contributed by atoms with Gasteiger partial charge in [-0.2, -0.15) is 0 Å². The third kappa shape index (κ3) is 6.28. The van der Waals surface area contributed by atoms with Gasteiger partial charge in [-0.1, -0.05) is 46.5 Å². The van der Waals surface area contributed by atoms with Crippen molar-refractivity contribution in [1.29, 1.82) is 0 Å². The van der Waals surface area contributed by atoms with Gasteiger partial charge in [0, 0.05) is 0 Å². The normalized spacial score (nSPS) is 16.9. The first-order valence-corrected chi connectivity index (χ1v) is 10.00. The van der Waals surface area contributed by atoms with Crippen LogP contribution in [-0.4, -0.2) is 52.2 Å². The van der Waals surface area contributed by atoms with Gasteiger partial charge in [0.2, 0.25) is 12.3 Å². The Hall–Kier alpha value is -2.42. The van der Waals surface area contributed by atoms with Gasteiger partial charge in [0.25, 0.3) is 0 Å². The van der Waals surface area contributed by atoms with Crippen LogP contribution in [0.2, 0.25) is 0 Å². The van der Waals surface area contributed by atoms with E-state index in [1.54, 1.807) is 0 Å². The third-order valence-electron chi connectivity index (χ3n) is 5.42. The number of methoxy groups -OCH3 is 1. The maximum Gasteiger partial charge on any atom is 0.356 e. The summed E-state index contributed by atoms with van der Waals surface area (Å²) in [5.41, 5.74) is -0.196. The highest BCUT2D eigenvalue weighted by atomic mass is 16.5. The van der Waals surface area contributed by atoms with Crippen molar-refractivity contribution in [2.45, 2.75) is 58.9 Å². The molecule has 29 heavy (non-hydrogen) atoms. The minimum Gasteiger partial charge on any atom is -0.464 e. The molecule has 9 heteroatoms. The number of amides is 2. The summed E-state index contributed by atoms with van der Waals surface area (Å²) >= 11 is 0. The van der Waals surface area contributed by atoms with E-state index in [9.17, 15) is 19.6 Å². The number of hydrogen-bond donors (Lipinski definition) is 3. The van der Waals surface area contributed by atoms with Crippen LogP contribution in [0.25, 0.3) is 0 Å². The Bertz CT molecular complexity index is 706. The van der Waals surface area contributed by atoms with Gasteiger partial charge in [0.15, 0.2) is 0 Å². The Morgan fingerprint density at radius 2 is 2.07 bits per heavy atom. The van der Waals surface area contributed by atoms with E-state index in [2.05, 4.69) is 15.3 Å². The molecule has 0 spiro atoms. The molecule has 1 fully saturated rings. The lowest BCUT2D eigenvalue weighted by Crippen LogP contribution is -2.43. The Morgan fingerprint density at radius 1 is 1.41 bits per heavy atom. The van der Waals surface area contributed by atoms with Gasteiger partial charge in [0.1, 0.15) is 11.5 Å². The molecule has 0 bridgehead atoms. The van der Waals surface area contributed by atoms with Gasteiger partial charge < -0.3 is 15.0 Å². The highest BCUT2D eigenvalue weighted by Gasteiger charge is 2.34. The number of esters is 1. The number of imidazole rings is 1. The SMILES string of the molecule is COC(=O)c1cnc([C@@H](NC(=O)C(CC2CCCC2)CN(O)C=O)C(C)(C)C)[nH]1. The van der Waals surface area contributed by atoms with E-state index in [4.69, 9.17) is 4.74 Å². The van der Waals surface area contributed by atoms with Crippen molar-refractivity contribution in [3.8, 4) is 0 Å². The van der Waals surface area contributed by atoms with Gasteiger partial charge in [-0.15, -0.1) is 0 Å². The van der Waals surface area contributed by atoms with Crippen LogP contribution in [0, 0.1) is 17.3 Å². The van der Waals surface area contributed by atoms with E-state index in [1.807, 2.05) is 20.8 Å². The minimum absolute atomic E-state index is 0.0612. The van der Waals surface area contributed by atoms with Crippen molar-refractivity contribution < 1.29 is 24.3 Å². The molecule has 0 aliphatic heterocycles. The fraction of sp³-hybridized carbons (Fsp3) is 0.700. The Labute approximate surface area is 171 Å². The van der Waals surface area contributed by atoms with Gasteiger partial charge in [-0.3, -0.25) is 14.8 Å². The van der Waals surface area contributed by atoms with Crippen LogP contribution < -0.4 is 5.32 Å². The van der Waals surface area contributed by atoms with E-state index in [0.29, 0.717) is 29.6 Å². The molecule has 162 valence electrons. The molecule has 0 saturated heterocycles. The first kappa shape index (κ1) is 22.9. The quantitative estimate of drug-likeness (QED) is 0.249. The number of rotatable bonds is 9. The minimum atomic E-state index is -0.538. The van der Waals surface area contributed by atoms with Crippen molar-refractivity contribution in [2.24, 2.45) is 17.3 Å². The number of H-pyrrole nitrogens is 1. The van der Waals surface area contributed by atoms with E-state index < -0.39 is 23.3 Å². The second-order valence-corrected chi connectivity index (χ2v) is 8.79. The molecule has 2 atom stereocenters. The second-order valence-electron chi connectivity index (χ2n) is 8.79. The number of carbonyl (C=O) groups excluding carboxylic acids is 3. The zero-order valence-corrected chi connectivity index (χ0v) is 17.6. The van der Waals surface area contributed by atoms with Crippen molar-refractivity contribution >= 4 is 18.3 Å². The zero-order valence-electron chi connectivity index (χ0n) is 17.6. The molecule has 9 nitrogen and oxygen atoms in total. The van der Waals surface area contributed by atoms with Crippen LogP contribution in [0.3, 0.4) is 0 Å². The van der Waals surface area contributed by atoms with Gasteiger partial charge >= 0.3 is 5.97 Å². The molecule has 1 aromatic rings. The first-order chi connectivity index (χ1) is 13.7. The van der Waals surface area contributed by atoms with Crippen LogP contribution >= 0.6 is 0 Å². The number of hydrogen-bond acceptors (Lipinski definition) is 6. The monoisotopic (exact) mass is 408 g/mol. The summed E-state index contributed by atoms with van der Waals surface area (Å²) in [6, 6.07) is -0.497. The average molecular weight is 408 g/mol. The summed E-state index contributed by atoms with van der Waals surface area (Å²) in [6.07, 6.45) is 6.69. The summed E-state index contributed by atoms with van der Waals surface area (Å²) < 4.78 is 4.70. The van der Waals surface area contributed by atoms with Crippen LogP contribution in [0.5, 0.6) is 0 Å². The van der Waals surface area contributed by atoms with E-state index in [1.165, 1.54) is 13.3 Å². The molecule has 1 unspecified atom stereocenters. The van der Waals surface area contributed by atoms with E-state index in [0.717, 1.165) is 25.7 Å². The number of hydroxylamine groups is 2. The molecule has 0 aromatic carbocycles. The highest BCUT2D eigenvalue weighted by Crippen LogP contribution is 2.34. The predicted molar refractivity (Wildman–Crippen MR) is 105 cm³/mol. The predicted octanol–water partition coefficient (Wildman–Crippen LogP) is 2.44. The smallest absolute Gasteiger partial charge is 0.356 e. The topological polar surface area (TPSA) is 125 Å². The maximum absolute atomic E-state index is 13.1. The van der Waals surface area contributed by atoms with Crippen molar-refractivity contribution in [3.63, 3.8) is 0 Å². The molecular weight excluding hydrogens is 376 g/mol. The molecule has 3 N–H and O–H groups in total. The molecule has 1 heterocycles. The van der Waals surface area contributed by atoms with Crippen LogP contribution in [0.4, 0.5) is 0 Å². The lowest BCUT2D eigenvalue weighted by Gasteiger charge is -2.32. The Kier molecular flexibility index (Phi) is 7.78. The number of carbonyl (C=O) groups is 3. The largest absolute Gasteiger partial charge is 0.464 e. The molecule has 2 amide bonds. The van der Waals surface area contributed by atoms with E-state index >= 15 is 0 Å². The number of aromatic nitrogens is 2. The summed E-state index contributed by atoms with van der Waals surface area (Å²) in [6.45, 7) is 5.80. The summed E-state index contributed by atoms with van der Waals surface area (Å²) in [4.78, 5) is 42.9. The third-order valence-corrected chi connectivity index (χ3v) is 5.42. The Balaban J connectivity index is 2.19. The van der Waals surface area contributed by atoms with Crippen molar-refractivity contribution in [3.05, 3.63) is 17.7 Å². The molecular formula is C20H32N4O5. The summed E-state index contributed by atoms with van der Waals surface area (Å²) in [5.74, 6) is -0.471. The molecule has 1 aliphatic rings. The lowest BCUT2D eigenvalue weighted by molar-refractivity contribution is -0.155. The lowest BCUT2D eigenvalue weighted by atomic mass is 9.85. The second kappa shape index (κ2) is 9.87. The van der Waals surface area contributed by atoms with Gasteiger partial charge in [-0.25, -0.2) is 14.8 Å². The van der Waals surface area contributed by atoms with Crippen LogP contribution in [0.1, 0.15) is 75.2 Å². The average Bonchev–Trinajstić information content (AvgIpc) is 3.35. The summed E-state index contributed by atoms with van der Waals surface area (Å²) in [5, 5.41) is 13.2. The summed E-state index contributed by atoms with van der Waals surface area (Å²) in [7, 11) is 1.28. The van der Waals surface area contributed by atoms with E-state index in [-0.39, 0.29) is 18.1 Å². The molecule has 1 aliphatic carbocycles. The van der Waals surface area contributed by atoms with Crippen LogP contribution in [-0.2, 0) is 14.3 Å². The number of nitrogens with zero attached hydrogens (tertiary/aromatic N) is 2. The zero-order chi connectivity index (χ0) is 21.6. The fourth-order valence-corrected chi connectivity index (χ4v) is 3.83. The molecule has 0 radical (unpaired) electrons. The molecule has 2 rings (SSSR count). The number of ether oxygens (including phenoxy) is 1. The van der Waals surface area contributed by atoms with Gasteiger partial charge in [0.05, 0.1) is 31.8 Å². The standard InChI is InChI=1S/C20H32N4O5/c1-20(2,3)16(17-21-10-15(22-17)19(27)29-4)23-18(26)14(11-24(28)12-25)9-13-7-5-6-8-13/h10,12-14,16,28H,5-9,11H2,1-4H3,(H,21,22)(H,23,26)/t14?,16-/m1/s1. The molecule has 1 aromatic heterocycles. The first-order valence-electron chi connectivity index (χ1n) is 10.00. The maximum atomic E-state index is 13.1. The number of nitrogens with one attached hydrogen (secondary N) is 2. The fourth-order valence-electron chi connectivity index (χ4n) is 3.83. The van der Waals surface area contributed by atoms with Gasteiger partial charge in [-0.05, 0) is 17.8 Å². The van der Waals surface area contributed by atoms with Crippen molar-refractivity contribution in [1.82, 2.24) is 20.3 Å². The highest BCUT2D eigenvalue weighted by molar-refractivity contribution is 5.87. The number of aromatic amines is 1. The van der Waals surface area contributed by atoms with Crippen LogP contribution in [0.15, 0.2) is 6.20 Å². The van der Waals surface area contributed by atoms with Crippen molar-refractivity contribution in [2.75, 3.05) is 13.7 Å².